The number of phosphoric acid groups is 2. The van der Waals surface area contributed by atoms with Gasteiger partial charge in [0.25, 0.3) is 0 Å². The molecule has 1 saturated heterocycles. The van der Waals surface area contributed by atoms with Gasteiger partial charge in [-0.05, 0) is 36.4 Å². The lowest BCUT2D eigenvalue weighted by atomic mass is 9.98. The van der Waals surface area contributed by atoms with Gasteiger partial charge in [-0.3, -0.25) is 13.8 Å². The summed E-state index contributed by atoms with van der Waals surface area (Å²) >= 11 is 0. The van der Waals surface area contributed by atoms with Crippen molar-refractivity contribution in [2.45, 2.75) is 60.0 Å². The molecule has 0 saturated carbocycles. The molecular weight excluding hydrogens is 832 g/mol. The first-order chi connectivity index (χ1) is 26.5. The molecule has 13 N–H and O–H groups in total. The minimum absolute atomic E-state index is 0.0426. The summed E-state index contributed by atoms with van der Waals surface area (Å²) in [5.41, 5.74) is 0.183. The maximum absolute atomic E-state index is 13.9. The summed E-state index contributed by atoms with van der Waals surface area (Å²) in [6.07, 6.45) is -16.3. The van der Waals surface area contributed by atoms with Gasteiger partial charge in [-0.2, -0.15) is 4.31 Å². The maximum Gasteiger partial charge on any atom is 0.469 e. The van der Waals surface area contributed by atoms with Crippen LogP contribution >= 0.6 is 15.6 Å². The smallest absolute Gasteiger partial charge is 0.394 e. The fourth-order valence-corrected chi connectivity index (χ4v) is 8.04. The Hall–Kier alpha value is -2.56. The van der Waals surface area contributed by atoms with Gasteiger partial charge in [-0.25, -0.2) is 17.5 Å². The van der Waals surface area contributed by atoms with Gasteiger partial charge in [0, 0.05) is 43.1 Å². The molecule has 322 valence electrons. The molecule has 4 unspecified atom stereocenters. The first kappa shape index (κ1) is 47.1. The number of fused-ring (bicyclic) bond motifs is 2. The number of phosphoric ester groups is 2. The molecule has 27 heteroatoms. The fourth-order valence-electron chi connectivity index (χ4n) is 5.97. The standard InChI is InChI=1S/C30H45N3O21P2S/c1-32-19-4-2-15(31-12-21(36)25(39)29(22(37)13-34)54-30-28(42)27(41)26(40)23(14-35)53-30)10-17(19)24(38)18-11-16(3-5-20(18)32)57(49,50)33(6-8-51-55(43,44)45)7-9-52-56(46,47)48/h2-5,10-11,21-23,25-31,34-37,39-42H,6-9,12-14H2,1H3,(H2,43,44,45)(H2,46,47,48)/t21?,22?,23?,25-,26-,27+,28?,29-,30+/m1/s1. The number of aromatic nitrogens is 1. The summed E-state index contributed by atoms with van der Waals surface area (Å²) in [5, 5.41) is 84.3. The van der Waals surface area contributed by atoms with E-state index < -0.39 is 137 Å². The molecule has 2 heterocycles. The second-order valence-electron chi connectivity index (χ2n) is 12.8. The third-order valence-electron chi connectivity index (χ3n) is 8.97. The third kappa shape index (κ3) is 11.6. The maximum atomic E-state index is 13.9. The largest absolute Gasteiger partial charge is 0.469 e. The zero-order valence-electron chi connectivity index (χ0n) is 29.8. The Bertz CT molecular complexity index is 2080. The molecule has 57 heavy (non-hydrogen) atoms. The number of aliphatic hydroxyl groups excluding tert-OH is 8. The number of pyridine rings is 1. The SMILES string of the molecule is Cn1c2ccc(NCC(O)[C@@H](O)[C@H](O[C@@H]3OC(CO)[C@@H](O)[C@H](O)C3O)C(O)CO)cc2c(=O)c2cc(S(=O)(=O)N(CCOP(=O)(O)O)CCOP(=O)(O)O)ccc21. The fraction of sp³-hybridized carbons (Fsp3) is 0.567. The van der Waals surface area contributed by atoms with Crippen LogP contribution in [0.3, 0.4) is 0 Å². The number of aliphatic hydroxyl groups is 8. The van der Waals surface area contributed by atoms with Crippen molar-refractivity contribution in [3.63, 3.8) is 0 Å². The molecule has 1 fully saturated rings. The van der Waals surface area contributed by atoms with Gasteiger partial charge in [0.05, 0.1) is 48.5 Å². The summed E-state index contributed by atoms with van der Waals surface area (Å²) in [5.74, 6) is 0. The lowest BCUT2D eigenvalue weighted by Crippen LogP contribution is -2.61. The Morgan fingerprint density at radius 2 is 1.42 bits per heavy atom. The molecule has 1 aliphatic heterocycles. The van der Waals surface area contributed by atoms with Crippen LogP contribution in [0.5, 0.6) is 0 Å². The number of benzene rings is 2. The van der Waals surface area contributed by atoms with Crippen LogP contribution in [0.2, 0.25) is 0 Å². The van der Waals surface area contributed by atoms with Crippen LogP contribution in [-0.2, 0) is 44.7 Å². The van der Waals surface area contributed by atoms with E-state index in [1.807, 2.05) is 0 Å². The summed E-state index contributed by atoms with van der Waals surface area (Å²) in [7, 11) is -13.1. The van der Waals surface area contributed by atoms with E-state index >= 15 is 0 Å². The topological polar surface area (TPSA) is 385 Å². The molecular formula is C30H45N3O21P2S. The Labute approximate surface area is 323 Å². The minimum atomic E-state index is -5.02. The summed E-state index contributed by atoms with van der Waals surface area (Å²) in [6.45, 7) is -5.33. The molecule has 0 amide bonds. The van der Waals surface area contributed by atoms with E-state index in [1.54, 1.807) is 11.6 Å². The number of anilines is 1. The highest BCUT2D eigenvalue weighted by Gasteiger charge is 2.47. The molecule has 0 spiro atoms. The van der Waals surface area contributed by atoms with Crippen LogP contribution in [0.25, 0.3) is 21.8 Å². The van der Waals surface area contributed by atoms with Crippen molar-refractivity contribution >= 4 is 53.2 Å². The molecule has 3 aromatic rings. The molecule has 9 atom stereocenters. The van der Waals surface area contributed by atoms with Crippen molar-refractivity contribution in [3.05, 3.63) is 46.6 Å². The van der Waals surface area contributed by atoms with Crippen molar-refractivity contribution in [2.24, 2.45) is 7.05 Å². The average molecular weight is 878 g/mol. The monoisotopic (exact) mass is 877 g/mol. The zero-order valence-corrected chi connectivity index (χ0v) is 32.5. The highest BCUT2D eigenvalue weighted by atomic mass is 32.2. The van der Waals surface area contributed by atoms with E-state index in [9.17, 15) is 63.2 Å². The van der Waals surface area contributed by atoms with Gasteiger partial charge in [0.15, 0.2) is 11.7 Å². The van der Waals surface area contributed by atoms with Crippen LogP contribution in [-0.4, -0.2) is 179 Å². The zero-order chi connectivity index (χ0) is 42.6. The molecule has 0 aliphatic carbocycles. The summed E-state index contributed by atoms with van der Waals surface area (Å²) in [4.78, 5) is 49.4. The number of rotatable bonds is 20. The molecule has 1 aliphatic rings. The second-order valence-corrected chi connectivity index (χ2v) is 17.3. The number of nitrogens with one attached hydrogen (secondary N) is 1. The molecule has 4 rings (SSSR count). The van der Waals surface area contributed by atoms with Crippen molar-refractivity contribution in [3.8, 4) is 0 Å². The lowest BCUT2D eigenvalue weighted by Gasteiger charge is -2.42. The lowest BCUT2D eigenvalue weighted by molar-refractivity contribution is -0.326. The predicted octanol–water partition coefficient (Wildman–Crippen LogP) is -4.43. The summed E-state index contributed by atoms with van der Waals surface area (Å²) < 4.78 is 71.2. The van der Waals surface area contributed by atoms with Gasteiger partial charge in [0.2, 0.25) is 10.0 Å². The number of ether oxygens (including phenoxy) is 2. The molecule has 0 bridgehead atoms. The van der Waals surface area contributed by atoms with Crippen LogP contribution in [0, 0.1) is 0 Å². The van der Waals surface area contributed by atoms with E-state index in [2.05, 4.69) is 14.4 Å². The quantitative estimate of drug-likeness (QED) is 0.0376. The average Bonchev–Trinajstić information content (AvgIpc) is 3.15. The highest BCUT2D eigenvalue weighted by molar-refractivity contribution is 7.89. The molecule has 24 nitrogen and oxygen atoms in total. The summed E-state index contributed by atoms with van der Waals surface area (Å²) in [6, 6.07) is 7.90. The first-order valence-electron chi connectivity index (χ1n) is 16.8. The number of aryl methyl sites for hydroxylation is 1. The minimum Gasteiger partial charge on any atom is -0.394 e. The number of hydrogen-bond acceptors (Lipinski definition) is 18. The number of nitrogens with zero attached hydrogens (tertiary/aromatic N) is 2. The van der Waals surface area contributed by atoms with Crippen molar-refractivity contribution in [1.29, 1.82) is 0 Å². The van der Waals surface area contributed by atoms with Gasteiger partial charge >= 0.3 is 15.6 Å². The van der Waals surface area contributed by atoms with Gasteiger partial charge in [-0.15, -0.1) is 0 Å². The third-order valence-corrected chi connectivity index (χ3v) is 11.9. The Morgan fingerprint density at radius 3 is 1.96 bits per heavy atom. The van der Waals surface area contributed by atoms with E-state index in [4.69, 9.17) is 29.0 Å². The Kier molecular flexibility index (Phi) is 15.9. The van der Waals surface area contributed by atoms with Crippen LogP contribution in [0.4, 0.5) is 5.69 Å². The van der Waals surface area contributed by atoms with Gasteiger partial charge in [0.1, 0.15) is 42.7 Å². The van der Waals surface area contributed by atoms with E-state index in [-0.39, 0.29) is 22.0 Å². The van der Waals surface area contributed by atoms with E-state index in [0.717, 1.165) is 12.1 Å². The predicted molar refractivity (Wildman–Crippen MR) is 194 cm³/mol. The van der Waals surface area contributed by atoms with Crippen molar-refractivity contribution < 1.29 is 96.5 Å². The molecule has 0 radical (unpaired) electrons. The highest BCUT2D eigenvalue weighted by Crippen LogP contribution is 2.37. The van der Waals surface area contributed by atoms with Crippen molar-refractivity contribution in [1.82, 2.24) is 8.87 Å². The molecule has 1 aromatic heterocycles. The van der Waals surface area contributed by atoms with E-state index in [1.165, 1.54) is 24.3 Å². The molecule has 2 aromatic carbocycles. The second kappa shape index (κ2) is 19.2. The van der Waals surface area contributed by atoms with E-state index in [0.29, 0.717) is 9.82 Å². The van der Waals surface area contributed by atoms with Crippen LogP contribution < -0.4 is 10.7 Å². The van der Waals surface area contributed by atoms with Crippen molar-refractivity contribution in [2.75, 3.05) is 51.4 Å². The van der Waals surface area contributed by atoms with Crippen LogP contribution in [0.1, 0.15) is 0 Å². The first-order valence-corrected chi connectivity index (χ1v) is 21.3. The normalized spacial score (nSPS) is 23.2. The Balaban J connectivity index is 1.59. The van der Waals surface area contributed by atoms with Gasteiger partial charge < -0.3 is 79.8 Å². The number of sulfonamides is 1. The van der Waals surface area contributed by atoms with Crippen LogP contribution in [0.15, 0.2) is 46.1 Å². The number of hydrogen-bond donors (Lipinski definition) is 13. The Morgan fingerprint density at radius 1 is 0.860 bits per heavy atom. The van der Waals surface area contributed by atoms with Gasteiger partial charge in [-0.1, -0.05) is 0 Å².